The second-order valence-corrected chi connectivity index (χ2v) is 4.64. The third-order valence-corrected chi connectivity index (χ3v) is 2.19. The maximum absolute atomic E-state index is 5.78. The molecule has 0 aromatic heterocycles. The molecule has 0 amide bonds. The summed E-state index contributed by atoms with van der Waals surface area (Å²) < 4.78 is 11.4. The van der Waals surface area contributed by atoms with Gasteiger partial charge >= 0.3 is 0 Å². The van der Waals surface area contributed by atoms with Crippen molar-refractivity contribution in [3.63, 3.8) is 0 Å². The van der Waals surface area contributed by atoms with E-state index in [1.54, 1.807) is 0 Å². The zero-order valence-electron chi connectivity index (χ0n) is 11.2. The summed E-state index contributed by atoms with van der Waals surface area (Å²) in [5, 5.41) is 0. The molecular weight excluding hydrogens is 214 g/mol. The Balaban J connectivity index is 2.92. The van der Waals surface area contributed by atoms with Crippen LogP contribution in [0.15, 0.2) is 18.2 Å². The minimum atomic E-state index is 0.154. The molecular formula is C14H23NO2. The number of ether oxygens (including phenoxy) is 2. The van der Waals surface area contributed by atoms with Crippen molar-refractivity contribution in [1.29, 1.82) is 0 Å². The Morgan fingerprint density at radius 2 is 1.71 bits per heavy atom. The van der Waals surface area contributed by atoms with Crippen molar-refractivity contribution >= 4 is 0 Å². The molecule has 1 aromatic carbocycles. The van der Waals surface area contributed by atoms with Gasteiger partial charge in [0.05, 0.1) is 12.2 Å². The smallest absolute Gasteiger partial charge is 0.126 e. The summed E-state index contributed by atoms with van der Waals surface area (Å²) in [6.07, 6.45) is 1.15. The van der Waals surface area contributed by atoms with Gasteiger partial charge in [-0.2, -0.15) is 0 Å². The minimum absolute atomic E-state index is 0.154. The molecule has 3 heteroatoms. The fourth-order valence-corrected chi connectivity index (χ4v) is 1.61. The van der Waals surface area contributed by atoms with Gasteiger partial charge in [-0.25, -0.2) is 0 Å². The maximum atomic E-state index is 5.78. The van der Waals surface area contributed by atoms with Crippen molar-refractivity contribution in [2.45, 2.75) is 46.3 Å². The molecule has 0 aliphatic heterocycles. The summed E-state index contributed by atoms with van der Waals surface area (Å²) in [7, 11) is 0. The highest BCUT2D eigenvalue weighted by atomic mass is 16.5. The zero-order valence-corrected chi connectivity index (χ0v) is 11.2. The predicted octanol–water partition coefficient (Wildman–Crippen LogP) is 2.76. The molecule has 1 rings (SSSR count). The summed E-state index contributed by atoms with van der Waals surface area (Å²) in [6, 6.07) is 5.95. The maximum Gasteiger partial charge on any atom is 0.126 e. The first-order chi connectivity index (χ1) is 8.02. The van der Waals surface area contributed by atoms with Crippen LogP contribution in [-0.4, -0.2) is 18.8 Å². The Morgan fingerprint density at radius 1 is 1.06 bits per heavy atom. The highest BCUT2D eigenvalue weighted by Gasteiger charge is 2.08. The topological polar surface area (TPSA) is 44.5 Å². The van der Waals surface area contributed by atoms with Crippen LogP contribution in [0.1, 0.15) is 33.3 Å². The molecule has 0 spiro atoms. The number of hydrogen-bond acceptors (Lipinski definition) is 3. The Labute approximate surface area is 104 Å². The molecule has 17 heavy (non-hydrogen) atoms. The molecule has 0 atom stereocenters. The lowest BCUT2D eigenvalue weighted by atomic mass is 10.1. The van der Waals surface area contributed by atoms with E-state index < -0.39 is 0 Å². The summed E-state index contributed by atoms with van der Waals surface area (Å²) in [6.45, 7) is 8.68. The van der Waals surface area contributed by atoms with Crippen LogP contribution in [0.2, 0.25) is 0 Å². The number of nitrogens with two attached hydrogens (primary N) is 1. The van der Waals surface area contributed by atoms with Crippen molar-refractivity contribution < 1.29 is 9.47 Å². The van der Waals surface area contributed by atoms with Gasteiger partial charge in [0.1, 0.15) is 11.5 Å². The Morgan fingerprint density at radius 3 is 2.24 bits per heavy atom. The molecule has 2 N–H and O–H groups in total. The zero-order chi connectivity index (χ0) is 12.8. The van der Waals surface area contributed by atoms with E-state index in [0.29, 0.717) is 6.54 Å². The molecule has 0 bridgehead atoms. The quantitative estimate of drug-likeness (QED) is 0.827. The molecule has 0 saturated carbocycles. The standard InChI is InChI=1S/C14H23NO2/c1-10(2)16-13-6-5-12(7-8-15)14(9-13)17-11(3)4/h5-6,9-11H,7-8,15H2,1-4H3. The number of rotatable bonds is 6. The van der Waals surface area contributed by atoms with E-state index in [2.05, 4.69) is 0 Å². The van der Waals surface area contributed by atoms with Crippen LogP contribution in [0, 0.1) is 0 Å². The summed E-state index contributed by atoms with van der Waals surface area (Å²) in [5.41, 5.74) is 6.73. The first-order valence-corrected chi connectivity index (χ1v) is 6.19. The highest BCUT2D eigenvalue weighted by molar-refractivity contribution is 5.41. The van der Waals surface area contributed by atoms with E-state index >= 15 is 0 Å². The summed E-state index contributed by atoms with van der Waals surface area (Å²) >= 11 is 0. The SMILES string of the molecule is CC(C)Oc1ccc(CCN)c(OC(C)C)c1. The van der Waals surface area contributed by atoms with Crippen LogP contribution in [0.4, 0.5) is 0 Å². The van der Waals surface area contributed by atoms with Crippen molar-refractivity contribution in [1.82, 2.24) is 0 Å². The Bertz CT molecular complexity index is 348. The first-order valence-electron chi connectivity index (χ1n) is 6.19. The van der Waals surface area contributed by atoms with Crippen LogP contribution in [0.25, 0.3) is 0 Å². The van der Waals surface area contributed by atoms with Gasteiger partial charge in [-0.1, -0.05) is 6.07 Å². The lowest BCUT2D eigenvalue weighted by Gasteiger charge is -2.16. The largest absolute Gasteiger partial charge is 0.491 e. The molecule has 0 fully saturated rings. The number of benzene rings is 1. The normalized spacial score (nSPS) is 11.0. The van der Waals surface area contributed by atoms with Gasteiger partial charge in [-0.3, -0.25) is 0 Å². The molecule has 0 saturated heterocycles. The summed E-state index contributed by atoms with van der Waals surface area (Å²) in [4.78, 5) is 0. The van der Waals surface area contributed by atoms with Gasteiger partial charge in [0.2, 0.25) is 0 Å². The van der Waals surface area contributed by atoms with Crippen molar-refractivity contribution in [3.8, 4) is 11.5 Å². The molecule has 1 aromatic rings. The van der Waals surface area contributed by atoms with Gasteiger partial charge in [-0.15, -0.1) is 0 Å². The molecule has 0 aliphatic carbocycles. The van der Waals surface area contributed by atoms with Crippen LogP contribution in [0.5, 0.6) is 11.5 Å². The number of hydrogen-bond donors (Lipinski definition) is 1. The average Bonchev–Trinajstić information content (AvgIpc) is 2.20. The Kier molecular flexibility index (Phi) is 5.29. The van der Waals surface area contributed by atoms with Crippen LogP contribution in [-0.2, 0) is 6.42 Å². The van der Waals surface area contributed by atoms with Crippen molar-refractivity contribution in [2.75, 3.05) is 6.54 Å². The third kappa shape index (κ3) is 4.65. The first kappa shape index (κ1) is 13.8. The minimum Gasteiger partial charge on any atom is -0.491 e. The van der Waals surface area contributed by atoms with E-state index in [0.717, 1.165) is 23.5 Å². The van der Waals surface area contributed by atoms with E-state index in [1.165, 1.54) is 0 Å². The molecule has 0 heterocycles. The van der Waals surface area contributed by atoms with E-state index in [4.69, 9.17) is 15.2 Å². The third-order valence-electron chi connectivity index (χ3n) is 2.19. The Hall–Kier alpha value is -1.22. The van der Waals surface area contributed by atoms with Crippen LogP contribution >= 0.6 is 0 Å². The van der Waals surface area contributed by atoms with Crippen molar-refractivity contribution in [3.05, 3.63) is 23.8 Å². The fraction of sp³-hybridized carbons (Fsp3) is 0.571. The average molecular weight is 237 g/mol. The highest BCUT2D eigenvalue weighted by Crippen LogP contribution is 2.26. The van der Waals surface area contributed by atoms with Gasteiger partial charge < -0.3 is 15.2 Å². The van der Waals surface area contributed by atoms with E-state index in [-0.39, 0.29) is 12.2 Å². The van der Waals surface area contributed by atoms with Gasteiger partial charge in [0.15, 0.2) is 0 Å². The van der Waals surface area contributed by atoms with Gasteiger partial charge in [0.25, 0.3) is 0 Å². The van der Waals surface area contributed by atoms with Crippen molar-refractivity contribution in [2.24, 2.45) is 5.73 Å². The van der Waals surface area contributed by atoms with Gasteiger partial charge in [0, 0.05) is 6.07 Å². The molecule has 0 aliphatic rings. The fourth-order valence-electron chi connectivity index (χ4n) is 1.61. The van der Waals surface area contributed by atoms with Crippen LogP contribution in [0.3, 0.4) is 0 Å². The monoisotopic (exact) mass is 237 g/mol. The van der Waals surface area contributed by atoms with E-state index in [9.17, 15) is 0 Å². The predicted molar refractivity (Wildman–Crippen MR) is 70.7 cm³/mol. The second kappa shape index (κ2) is 6.50. The second-order valence-electron chi connectivity index (χ2n) is 4.64. The summed E-state index contributed by atoms with van der Waals surface area (Å²) in [5.74, 6) is 1.72. The lowest BCUT2D eigenvalue weighted by molar-refractivity contribution is 0.227. The van der Waals surface area contributed by atoms with E-state index in [1.807, 2.05) is 45.9 Å². The molecule has 3 nitrogen and oxygen atoms in total. The van der Waals surface area contributed by atoms with Crippen LogP contribution < -0.4 is 15.2 Å². The molecule has 96 valence electrons. The molecule has 0 radical (unpaired) electrons. The van der Waals surface area contributed by atoms with Gasteiger partial charge in [-0.05, 0) is 52.3 Å². The molecule has 0 unspecified atom stereocenters. The lowest BCUT2D eigenvalue weighted by Crippen LogP contribution is -2.11.